The molecule has 0 atom stereocenters. The Hall–Kier alpha value is -1.94. The molecule has 0 aliphatic heterocycles. The number of anilines is 1. The van der Waals surface area contributed by atoms with Crippen LogP contribution in [0.25, 0.3) is 33.3 Å². The van der Waals surface area contributed by atoms with Crippen LogP contribution >= 0.6 is 34.8 Å². The van der Waals surface area contributed by atoms with Crippen LogP contribution in [0.2, 0.25) is 15.1 Å². The van der Waals surface area contributed by atoms with Crippen molar-refractivity contribution < 1.29 is 4.42 Å². The van der Waals surface area contributed by atoms with E-state index < -0.39 is 0 Å². The van der Waals surface area contributed by atoms with Crippen LogP contribution < -0.4 is 5.73 Å². The predicted octanol–water partition coefficient (Wildman–Crippen LogP) is 6.19. The minimum Gasteiger partial charge on any atom is -0.436 e. The molecule has 1 heterocycles. The fourth-order valence-electron chi connectivity index (χ4n) is 2.59. The number of aromatic nitrogens is 1. The highest BCUT2D eigenvalue weighted by Gasteiger charge is 2.17. The van der Waals surface area contributed by atoms with Crippen LogP contribution in [0, 0.1) is 0 Å². The van der Waals surface area contributed by atoms with E-state index in [-0.39, 0.29) is 0 Å². The summed E-state index contributed by atoms with van der Waals surface area (Å²) in [5.41, 5.74) is 7.94. The van der Waals surface area contributed by atoms with Gasteiger partial charge in [0.1, 0.15) is 5.52 Å². The predicted molar refractivity (Wildman–Crippen MR) is 96.4 cm³/mol. The first-order valence-corrected chi connectivity index (χ1v) is 7.91. The number of nitrogens with zero attached hydrogens (tertiary/aromatic N) is 1. The molecule has 6 heteroatoms. The molecule has 3 aromatic carbocycles. The second-order valence-electron chi connectivity index (χ2n) is 5.09. The summed E-state index contributed by atoms with van der Waals surface area (Å²) in [5.74, 6) is 0.441. The van der Waals surface area contributed by atoms with Gasteiger partial charge in [0.25, 0.3) is 0 Å². The number of nitrogen functional groups attached to an aromatic ring is 1. The second kappa shape index (κ2) is 5.31. The van der Waals surface area contributed by atoms with Crippen molar-refractivity contribution in [1.29, 1.82) is 0 Å². The lowest BCUT2D eigenvalue weighted by Crippen LogP contribution is -1.88. The number of hydrogen-bond acceptors (Lipinski definition) is 3. The van der Waals surface area contributed by atoms with Gasteiger partial charge in [-0.3, -0.25) is 0 Å². The van der Waals surface area contributed by atoms with E-state index in [1.165, 1.54) is 0 Å². The highest BCUT2D eigenvalue weighted by atomic mass is 35.5. The van der Waals surface area contributed by atoms with Gasteiger partial charge in [-0.05, 0) is 17.5 Å². The molecule has 2 N–H and O–H groups in total. The van der Waals surface area contributed by atoms with Crippen molar-refractivity contribution in [2.24, 2.45) is 0 Å². The van der Waals surface area contributed by atoms with Crippen molar-refractivity contribution in [2.45, 2.75) is 0 Å². The largest absolute Gasteiger partial charge is 0.436 e. The second-order valence-corrected chi connectivity index (χ2v) is 6.28. The Kier molecular flexibility index (Phi) is 3.38. The van der Waals surface area contributed by atoms with E-state index in [2.05, 4.69) is 4.98 Å². The Morgan fingerprint density at radius 2 is 1.65 bits per heavy atom. The van der Waals surface area contributed by atoms with Crippen LogP contribution in [-0.2, 0) is 0 Å². The maximum Gasteiger partial charge on any atom is 0.227 e. The van der Waals surface area contributed by atoms with E-state index in [0.717, 1.165) is 16.3 Å². The summed E-state index contributed by atoms with van der Waals surface area (Å²) in [7, 11) is 0. The van der Waals surface area contributed by atoms with E-state index in [4.69, 9.17) is 45.0 Å². The molecular formula is C17H9Cl3N2O. The smallest absolute Gasteiger partial charge is 0.227 e. The van der Waals surface area contributed by atoms with Crippen molar-refractivity contribution in [1.82, 2.24) is 4.98 Å². The monoisotopic (exact) mass is 362 g/mol. The summed E-state index contributed by atoms with van der Waals surface area (Å²) < 4.78 is 5.84. The number of oxazole rings is 1. The Bertz CT molecular complexity index is 1070. The van der Waals surface area contributed by atoms with Gasteiger partial charge in [-0.25, -0.2) is 4.98 Å². The molecule has 4 aromatic rings. The van der Waals surface area contributed by atoms with Gasteiger partial charge in [-0.2, -0.15) is 0 Å². The first kappa shape index (κ1) is 14.6. The van der Waals surface area contributed by atoms with Crippen molar-refractivity contribution in [3.8, 4) is 11.5 Å². The third-order valence-electron chi connectivity index (χ3n) is 3.71. The van der Waals surface area contributed by atoms with E-state index in [0.29, 0.717) is 37.7 Å². The third kappa shape index (κ3) is 2.24. The van der Waals surface area contributed by atoms with Crippen LogP contribution in [-0.4, -0.2) is 4.98 Å². The van der Waals surface area contributed by atoms with Crippen LogP contribution in [0.5, 0.6) is 0 Å². The maximum atomic E-state index is 6.26. The molecule has 0 spiro atoms. The molecule has 4 rings (SSSR count). The van der Waals surface area contributed by atoms with E-state index >= 15 is 0 Å². The van der Waals surface area contributed by atoms with E-state index in [9.17, 15) is 0 Å². The van der Waals surface area contributed by atoms with Gasteiger partial charge in [-0.15, -0.1) is 0 Å². The van der Waals surface area contributed by atoms with Crippen LogP contribution in [0.3, 0.4) is 0 Å². The van der Waals surface area contributed by atoms with Crippen molar-refractivity contribution in [2.75, 3.05) is 5.73 Å². The Morgan fingerprint density at radius 3 is 2.48 bits per heavy atom. The van der Waals surface area contributed by atoms with Crippen LogP contribution in [0.15, 0.2) is 46.9 Å². The lowest BCUT2D eigenvalue weighted by atomic mass is 10.0. The number of nitrogens with two attached hydrogens (primary N) is 1. The number of rotatable bonds is 1. The van der Waals surface area contributed by atoms with Gasteiger partial charge in [-0.1, -0.05) is 59.1 Å². The molecule has 0 bridgehead atoms. The molecule has 1 aromatic heterocycles. The lowest BCUT2D eigenvalue weighted by Gasteiger charge is -2.04. The van der Waals surface area contributed by atoms with E-state index in [1.54, 1.807) is 6.07 Å². The zero-order valence-corrected chi connectivity index (χ0v) is 13.9. The van der Waals surface area contributed by atoms with Gasteiger partial charge in [0.15, 0.2) is 5.58 Å². The maximum absolute atomic E-state index is 6.26. The molecule has 23 heavy (non-hydrogen) atoms. The molecule has 0 saturated carbocycles. The number of fused-ring (bicyclic) bond motifs is 2. The Labute approximate surface area is 146 Å². The molecule has 0 aliphatic rings. The molecule has 0 amide bonds. The number of benzene rings is 3. The quantitative estimate of drug-likeness (QED) is 0.410. The summed E-state index contributed by atoms with van der Waals surface area (Å²) in [5, 5.41) is 3.18. The molecule has 0 aliphatic carbocycles. The Morgan fingerprint density at radius 1 is 0.913 bits per heavy atom. The summed E-state index contributed by atoms with van der Waals surface area (Å²) in [6.45, 7) is 0. The van der Waals surface area contributed by atoms with Gasteiger partial charge < -0.3 is 10.2 Å². The lowest BCUT2D eigenvalue weighted by molar-refractivity contribution is 0.620. The van der Waals surface area contributed by atoms with Crippen molar-refractivity contribution in [3.05, 3.63) is 57.5 Å². The van der Waals surface area contributed by atoms with E-state index in [1.807, 2.05) is 36.4 Å². The first-order chi connectivity index (χ1) is 11.1. The zero-order chi connectivity index (χ0) is 16.1. The van der Waals surface area contributed by atoms with Gasteiger partial charge in [0.05, 0.1) is 15.7 Å². The summed E-state index contributed by atoms with van der Waals surface area (Å²) >= 11 is 18.5. The van der Waals surface area contributed by atoms with Crippen LogP contribution in [0.1, 0.15) is 0 Å². The topological polar surface area (TPSA) is 52.0 Å². The summed E-state index contributed by atoms with van der Waals surface area (Å²) in [6, 6.07) is 13.1. The molecule has 0 radical (unpaired) electrons. The molecule has 0 saturated heterocycles. The molecule has 0 unspecified atom stereocenters. The first-order valence-electron chi connectivity index (χ1n) is 6.78. The Balaban J connectivity index is 2.04. The summed E-state index contributed by atoms with van der Waals surface area (Å²) in [6.07, 6.45) is 0. The molecule has 114 valence electrons. The zero-order valence-electron chi connectivity index (χ0n) is 11.6. The fraction of sp³-hybridized carbons (Fsp3) is 0. The average Bonchev–Trinajstić information content (AvgIpc) is 2.96. The number of hydrogen-bond donors (Lipinski definition) is 1. The highest BCUT2D eigenvalue weighted by molar-refractivity contribution is 6.42. The van der Waals surface area contributed by atoms with Gasteiger partial charge >= 0.3 is 0 Å². The minimum absolute atomic E-state index is 0.292. The van der Waals surface area contributed by atoms with Crippen molar-refractivity contribution in [3.63, 3.8) is 0 Å². The molecule has 3 nitrogen and oxygen atoms in total. The normalized spacial score (nSPS) is 11.4. The SMILES string of the molecule is Nc1c(Cl)cc2oc(-c3cccc4c(Cl)cccc34)nc2c1Cl. The highest BCUT2D eigenvalue weighted by Crippen LogP contribution is 2.38. The molecule has 0 fully saturated rings. The number of halogens is 3. The minimum atomic E-state index is 0.292. The summed E-state index contributed by atoms with van der Waals surface area (Å²) in [4.78, 5) is 4.48. The standard InChI is InChI=1S/C17H9Cl3N2O/c18-11-6-2-3-8-9(11)4-1-5-10(8)17-22-16-13(23-17)7-12(19)15(21)14(16)20/h1-7H,21H2. The molecular weight excluding hydrogens is 355 g/mol. The average molecular weight is 364 g/mol. The fourth-order valence-corrected chi connectivity index (χ4v) is 3.30. The van der Waals surface area contributed by atoms with Gasteiger partial charge in [0.2, 0.25) is 5.89 Å². The van der Waals surface area contributed by atoms with Crippen LogP contribution in [0.4, 0.5) is 5.69 Å². The third-order valence-corrected chi connectivity index (χ3v) is 4.74. The van der Waals surface area contributed by atoms with Crippen molar-refractivity contribution >= 4 is 62.4 Å². The van der Waals surface area contributed by atoms with Gasteiger partial charge in [0, 0.05) is 22.0 Å².